The van der Waals surface area contributed by atoms with E-state index in [1.807, 2.05) is 50.1 Å². The molecule has 0 bridgehead atoms. The number of aromatic nitrogens is 1. The van der Waals surface area contributed by atoms with Gasteiger partial charge in [0, 0.05) is 54.7 Å². The number of benzene rings is 1. The van der Waals surface area contributed by atoms with E-state index in [1.54, 1.807) is 0 Å². The summed E-state index contributed by atoms with van der Waals surface area (Å²) in [6.07, 6.45) is 2.78. The van der Waals surface area contributed by atoms with Gasteiger partial charge in [-0.15, -0.1) is 0 Å². The molecule has 140 valence electrons. The normalized spacial score (nSPS) is 15.2. The Kier molecular flexibility index (Phi) is 4.60. The summed E-state index contributed by atoms with van der Waals surface area (Å²) < 4.78 is 5.95. The van der Waals surface area contributed by atoms with E-state index in [1.165, 1.54) is 5.69 Å². The maximum atomic E-state index is 13.1. The highest BCUT2D eigenvalue weighted by Crippen LogP contribution is 2.27. The number of pyridine rings is 1. The summed E-state index contributed by atoms with van der Waals surface area (Å²) >= 11 is 0. The van der Waals surface area contributed by atoms with Crippen molar-refractivity contribution in [1.82, 2.24) is 9.88 Å². The van der Waals surface area contributed by atoms with Crippen LogP contribution in [0.4, 0.5) is 5.69 Å². The zero-order valence-electron chi connectivity index (χ0n) is 16.2. The zero-order chi connectivity index (χ0) is 19.0. The first-order chi connectivity index (χ1) is 13.0. The number of carbonyl (C=O) groups excluding carboxylic acids is 1. The molecule has 0 saturated carbocycles. The van der Waals surface area contributed by atoms with Gasteiger partial charge in [0.1, 0.15) is 5.58 Å². The Morgan fingerprint density at radius 1 is 1.04 bits per heavy atom. The maximum Gasteiger partial charge on any atom is 0.289 e. The average Bonchev–Trinajstić information content (AvgIpc) is 2.83. The molecule has 0 atom stereocenters. The quantitative estimate of drug-likeness (QED) is 0.688. The van der Waals surface area contributed by atoms with Crippen LogP contribution in [0, 0.1) is 20.8 Å². The molecule has 0 aliphatic carbocycles. The van der Waals surface area contributed by atoms with Crippen molar-refractivity contribution in [2.45, 2.75) is 27.2 Å². The number of amides is 1. The third-order valence-electron chi connectivity index (χ3n) is 5.32. The van der Waals surface area contributed by atoms with Gasteiger partial charge in [0.15, 0.2) is 5.76 Å². The maximum absolute atomic E-state index is 13.1. The number of anilines is 1. The van der Waals surface area contributed by atoms with Gasteiger partial charge in [0.25, 0.3) is 5.91 Å². The molecule has 0 unspecified atom stereocenters. The van der Waals surface area contributed by atoms with Gasteiger partial charge in [-0.3, -0.25) is 9.78 Å². The van der Waals surface area contributed by atoms with Crippen LogP contribution in [-0.4, -0.2) is 42.0 Å². The van der Waals surface area contributed by atoms with Crippen molar-refractivity contribution < 1.29 is 9.21 Å². The van der Waals surface area contributed by atoms with E-state index in [0.717, 1.165) is 53.8 Å². The van der Waals surface area contributed by atoms with Gasteiger partial charge in [-0.05, 0) is 51.0 Å². The fourth-order valence-corrected chi connectivity index (χ4v) is 3.79. The summed E-state index contributed by atoms with van der Waals surface area (Å²) in [7, 11) is 0. The fraction of sp³-hybridized carbons (Fsp3) is 0.364. The standard InChI is InChI=1S/C22H25N3O2/c1-15-5-6-19-17(3)21(27-20(19)13-15)22(26)25-10-4-9-24(11-12-25)18-7-8-23-16(2)14-18/h5-8,13-14H,4,9-12H2,1-3H3. The van der Waals surface area contributed by atoms with Gasteiger partial charge < -0.3 is 14.2 Å². The average molecular weight is 363 g/mol. The van der Waals surface area contributed by atoms with Crippen LogP contribution in [0.5, 0.6) is 0 Å². The molecule has 27 heavy (non-hydrogen) atoms. The minimum Gasteiger partial charge on any atom is -0.451 e. The second-order valence-corrected chi connectivity index (χ2v) is 7.34. The molecule has 2 aromatic heterocycles. The third-order valence-corrected chi connectivity index (χ3v) is 5.32. The monoisotopic (exact) mass is 363 g/mol. The minimum atomic E-state index is -0.00545. The molecule has 4 rings (SSSR count). The summed E-state index contributed by atoms with van der Waals surface area (Å²) in [5.41, 5.74) is 5.04. The first kappa shape index (κ1) is 17.6. The summed E-state index contributed by atoms with van der Waals surface area (Å²) in [6, 6.07) is 10.2. The third kappa shape index (κ3) is 3.42. The lowest BCUT2D eigenvalue weighted by atomic mass is 10.1. The zero-order valence-corrected chi connectivity index (χ0v) is 16.2. The van der Waals surface area contributed by atoms with Crippen molar-refractivity contribution in [1.29, 1.82) is 0 Å². The van der Waals surface area contributed by atoms with Gasteiger partial charge in [0.05, 0.1) is 0 Å². The molecule has 1 aliphatic rings. The van der Waals surface area contributed by atoms with E-state index in [-0.39, 0.29) is 5.91 Å². The molecule has 0 spiro atoms. The van der Waals surface area contributed by atoms with Gasteiger partial charge in [-0.1, -0.05) is 12.1 Å². The minimum absolute atomic E-state index is 0.00545. The molecule has 1 saturated heterocycles. The molecule has 3 aromatic rings. The van der Waals surface area contributed by atoms with Crippen LogP contribution in [0.25, 0.3) is 11.0 Å². The van der Waals surface area contributed by atoms with E-state index < -0.39 is 0 Å². The number of hydrogen-bond donors (Lipinski definition) is 0. The second kappa shape index (κ2) is 7.06. The molecule has 5 nitrogen and oxygen atoms in total. The van der Waals surface area contributed by atoms with Gasteiger partial charge in [-0.2, -0.15) is 0 Å². The molecule has 0 N–H and O–H groups in total. The van der Waals surface area contributed by atoms with E-state index in [0.29, 0.717) is 12.3 Å². The first-order valence-electron chi connectivity index (χ1n) is 9.49. The van der Waals surface area contributed by atoms with E-state index in [9.17, 15) is 4.79 Å². The number of hydrogen-bond acceptors (Lipinski definition) is 4. The Bertz CT molecular complexity index is 992. The fourth-order valence-electron chi connectivity index (χ4n) is 3.79. The van der Waals surface area contributed by atoms with E-state index >= 15 is 0 Å². The summed E-state index contributed by atoms with van der Waals surface area (Å²) in [5.74, 6) is 0.470. The molecule has 0 radical (unpaired) electrons. The number of nitrogens with zero attached hydrogens (tertiary/aromatic N) is 3. The Morgan fingerprint density at radius 2 is 1.89 bits per heavy atom. The Labute approximate surface area is 159 Å². The Morgan fingerprint density at radius 3 is 2.70 bits per heavy atom. The van der Waals surface area contributed by atoms with Crippen LogP contribution in [0.3, 0.4) is 0 Å². The molecule has 5 heteroatoms. The molecule has 1 aliphatic heterocycles. The molecule has 1 fully saturated rings. The van der Waals surface area contributed by atoms with Crippen molar-refractivity contribution in [3.05, 3.63) is 59.1 Å². The number of rotatable bonds is 2. The highest BCUT2D eigenvalue weighted by Gasteiger charge is 2.25. The molecule has 3 heterocycles. The van der Waals surface area contributed by atoms with E-state index in [2.05, 4.69) is 22.0 Å². The number of aryl methyl sites for hydroxylation is 3. The SMILES string of the molecule is Cc1ccc2c(C)c(C(=O)N3CCCN(c4ccnc(C)c4)CC3)oc2c1. The second-order valence-electron chi connectivity index (χ2n) is 7.34. The summed E-state index contributed by atoms with van der Waals surface area (Å²) in [5, 5.41) is 1.02. The van der Waals surface area contributed by atoms with Crippen molar-refractivity contribution in [2.75, 3.05) is 31.1 Å². The predicted molar refractivity (Wildman–Crippen MR) is 107 cm³/mol. The lowest BCUT2D eigenvalue weighted by Crippen LogP contribution is -2.35. The van der Waals surface area contributed by atoms with Crippen molar-refractivity contribution in [3.8, 4) is 0 Å². The van der Waals surface area contributed by atoms with Crippen LogP contribution in [0.1, 0.15) is 33.8 Å². The number of furan rings is 1. The highest BCUT2D eigenvalue weighted by atomic mass is 16.3. The topological polar surface area (TPSA) is 49.6 Å². The number of fused-ring (bicyclic) bond motifs is 1. The largest absolute Gasteiger partial charge is 0.451 e. The summed E-state index contributed by atoms with van der Waals surface area (Å²) in [4.78, 5) is 21.7. The Hall–Kier alpha value is -2.82. The summed E-state index contributed by atoms with van der Waals surface area (Å²) in [6.45, 7) is 9.19. The van der Waals surface area contributed by atoms with Crippen molar-refractivity contribution >= 4 is 22.6 Å². The van der Waals surface area contributed by atoms with Crippen molar-refractivity contribution in [2.24, 2.45) is 0 Å². The molecular formula is C22H25N3O2. The first-order valence-corrected chi connectivity index (χ1v) is 9.49. The van der Waals surface area contributed by atoms with Crippen LogP contribution in [0.15, 0.2) is 40.9 Å². The molecular weight excluding hydrogens is 338 g/mol. The Balaban J connectivity index is 1.54. The van der Waals surface area contributed by atoms with Gasteiger partial charge >= 0.3 is 0 Å². The van der Waals surface area contributed by atoms with Crippen LogP contribution < -0.4 is 4.90 Å². The molecule has 1 aromatic carbocycles. The molecule has 1 amide bonds. The number of carbonyl (C=O) groups is 1. The smallest absolute Gasteiger partial charge is 0.289 e. The van der Waals surface area contributed by atoms with Gasteiger partial charge in [0.2, 0.25) is 0 Å². The van der Waals surface area contributed by atoms with Crippen LogP contribution in [-0.2, 0) is 0 Å². The highest BCUT2D eigenvalue weighted by molar-refractivity contribution is 5.99. The predicted octanol–water partition coefficient (Wildman–Crippen LogP) is 4.11. The lowest BCUT2D eigenvalue weighted by molar-refractivity contribution is 0.0736. The van der Waals surface area contributed by atoms with Crippen LogP contribution in [0.2, 0.25) is 0 Å². The van der Waals surface area contributed by atoms with Crippen molar-refractivity contribution in [3.63, 3.8) is 0 Å². The lowest BCUT2D eigenvalue weighted by Gasteiger charge is -2.23. The van der Waals surface area contributed by atoms with E-state index in [4.69, 9.17) is 4.42 Å². The van der Waals surface area contributed by atoms with Gasteiger partial charge in [-0.25, -0.2) is 0 Å². The van der Waals surface area contributed by atoms with Crippen LogP contribution >= 0.6 is 0 Å².